The van der Waals surface area contributed by atoms with Crippen LogP contribution in [0.15, 0.2) is 30.6 Å². The maximum absolute atomic E-state index is 6.19. The third kappa shape index (κ3) is 3.00. The number of nitrogens with one attached hydrogen (secondary N) is 1. The minimum absolute atomic E-state index is 0.505. The van der Waals surface area contributed by atoms with Crippen LogP contribution in [0.25, 0.3) is 11.2 Å². The number of hydrogen-bond acceptors (Lipinski definition) is 6. The van der Waals surface area contributed by atoms with Gasteiger partial charge in [0.1, 0.15) is 6.33 Å². The molecule has 0 saturated carbocycles. The van der Waals surface area contributed by atoms with Crippen LogP contribution in [0, 0.1) is 0 Å². The molecule has 22 heavy (non-hydrogen) atoms. The van der Waals surface area contributed by atoms with Crippen LogP contribution in [-0.2, 0) is 11.3 Å². The first-order chi connectivity index (χ1) is 10.8. The minimum atomic E-state index is 0.505. The molecule has 1 aromatic carbocycles. The van der Waals surface area contributed by atoms with Crippen molar-refractivity contribution < 1.29 is 4.74 Å². The second-order valence-corrected chi connectivity index (χ2v) is 5.06. The fraction of sp³-hybridized carbons (Fsp3) is 0.286. The van der Waals surface area contributed by atoms with E-state index in [1.54, 1.807) is 11.8 Å². The van der Waals surface area contributed by atoms with Crippen molar-refractivity contribution in [1.82, 2.24) is 25.0 Å². The van der Waals surface area contributed by atoms with Gasteiger partial charge in [0.2, 0.25) is 0 Å². The smallest absolute Gasteiger partial charge is 0.184 e. The van der Waals surface area contributed by atoms with E-state index in [0.717, 1.165) is 5.56 Å². The molecule has 0 aliphatic rings. The van der Waals surface area contributed by atoms with Crippen molar-refractivity contribution in [2.75, 3.05) is 25.6 Å². The standard InChI is InChI=1S/C14H15ClN6O/c1-22-7-6-16-13-12-14(18-9-17-13)21(20-19-12)8-10-4-2-3-5-11(10)15/h2-5,9H,6-8H2,1H3,(H,16,17,18). The van der Waals surface area contributed by atoms with Gasteiger partial charge in [-0.05, 0) is 11.6 Å². The van der Waals surface area contributed by atoms with E-state index < -0.39 is 0 Å². The molecule has 0 atom stereocenters. The number of anilines is 1. The van der Waals surface area contributed by atoms with E-state index in [9.17, 15) is 0 Å². The highest BCUT2D eigenvalue weighted by Gasteiger charge is 2.12. The van der Waals surface area contributed by atoms with Gasteiger partial charge in [-0.2, -0.15) is 0 Å². The lowest BCUT2D eigenvalue weighted by Crippen LogP contribution is -2.09. The quantitative estimate of drug-likeness (QED) is 0.700. The summed E-state index contributed by atoms with van der Waals surface area (Å²) in [6, 6.07) is 7.63. The van der Waals surface area contributed by atoms with Gasteiger partial charge in [-0.25, -0.2) is 14.6 Å². The molecule has 1 N–H and O–H groups in total. The highest BCUT2D eigenvalue weighted by atomic mass is 35.5. The minimum Gasteiger partial charge on any atom is -0.383 e. The topological polar surface area (TPSA) is 77.8 Å². The Balaban J connectivity index is 1.89. The van der Waals surface area contributed by atoms with Crippen molar-refractivity contribution in [1.29, 1.82) is 0 Å². The van der Waals surface area contributed by atoms with E-state index >= 15 is 0 Å². The van der Waals surface area contributed by atoms with Gasteiger partial charge in [0.05, 0.1) is 13.2 Å². The molecule has 0 unspecified atom stereocenters. The highest BCUT2D eigenvalue weighted by molar-refractivity contribution is 6.31. The third-order valence-corrected chi connectivity index (χ3v) is 3.55. The Hall–Kier alpha value is -2.25. The Morgan fingerprint density at radius 1 is 1.27 bits per heavy atom. The first-order valence-corrected chi connectivity index (χ1v) is 7.18. The normalized spacial score (nSPS) is 11.0. The summed E-state index contributed by atoms with van der Waals surface area (Å²) in [5.41, 5.74) is 2.25. The lowest BCUT2D eigenvalue weighted by molar-refractivity contribution is 0.210. The molecule has 0 radical (unpaired) electrons. The van der Waals surface area contributed by atoms with Crippen LogP contribution in [0.1, 0.15) is 5.56 Å². The van der Waals surface area contributed by atoms with Crippen LogP contribution in [0.3, 0.4) is 0 Å². The first kappa shape index (κ1) is 14.7. The van der Waals surface area contributed by atoms with Gasteiger partial charge in [-0.1, -0.05) is 35.0 Å². The molecule has 0 aliphatic carbocycles. The molecule has 0 fully saturated rings. The van der Waals surface area contributed by atoms with Crippen molar-refractivity contribution in [2.45, 2.75) is 6.54 Å². The van der Waals surface area contributed by atoms with Crippen LogP contribution in [0.2, 0.25) is 5.02 Å². The molecule has 0 spiro atoms. The molecule has 8 heteroatoms. The molecular formula is C14H15ClN6O. The van der Waals surface area contributed by atoms with Crippen LogP contribution in [0.4, 0.5) is 5.82 Å². The summed E-state index contributed by atoms with van der Waals surface area (Å²) in [4.78, 5) is 8.47. The Labute approximate surface area is 132 Å². The van der Waals surface area contributed by atoms with Gasteiger partial charge in [0, 0.05) is 18.7 Å². The van der Waals surface area contributed by atoms with E-state index in [1.807, 2.05) is 24.3 Å². The van der Waals surface area contributed by atoms with Crippen molar-refractivity contribution in [3.05, 3.63) is 41.2 Å². The second kappa shape index (κ2) is 6.67. The zero-order chi connectivity index (χ0) is 15.4. The Morgan fingerprint density at radius 3 is 2.95 bits per heavy atom. The summed E-state index contributed by atoms with van der Waals surface area (Å²) in [7, 11) is 1.65. The molecule has 2 aromatic heterocycles. The van der Waals surface area contributed by atoms with E-state index in [4.69, 9.17) is 16.3 Å². The molecule has 114 valence electrons. The largest absolute Gasteiger partial charge is 0.383 e. The zero-order valence-electron chi connectivity index (χ0n) is 12.0. The predicted molar refractivity (Wildman–Crippen MR) is 84.0 cm³/mol. The molecule has 2 heterocycles. The average molecular weight is 319 g/mol. The first-order valence-electron chi connectivity index (χ1n) is 6.80. The summed E-state index contributed by atoms with van der Waals surface area (Å²) in [5.74, 6) is 0.646. The van der Waals surface area contributed by atoms with Crippen LogP contribution < -0.4 is 5.32 Å². The van der Waals surface area contributed by atoms with Gasteiger partial charge >= 0.3 is 0 Å². The third-order valence-electron chi connectivity index (χ3n) is 3.18. The SMILES string of the molecule is COCCNc1ncnc2c1nnn2Cc1ccccc1Cl. The number of benzene rings is 1. The maximum atomic E-state index is 6.19. The summed E-state index contributed by atoms with van der Waals surface area (Å²) < 4.78 is 6.72. The number of rotatable bonds is 6. The zero-order valence-corrected chi connectivity index (χ0v) is 12.8. The summed E-state index contributed by atoms with van der Waals surface area (Å²) in [5, 5.41) is 12.2. The fourth-order valence-corrected chi connectivity index (χ4v) is 2.28. The number of methoxy groups -OCH3 is 1. The van der Waals surface area contributed by atoms with E-state index in [0.29, 0.717) is 41.7 Å². The van der Waals surface area contributed by atoms with Crippen molar-refractivity contribution in [2.24, 2.45) is 0 Å². The molecule has 0 saturated heterocycles. The van der Waals surface area contributed by atoms with E-state index in [-0.39, 0.29) is 0 Å². The summed E-state index contributed by atoms with van der Waals surface area (Å²) >= 11 is 6.19. The summed E-state index contributed by atoms with van der Waals surface area (Å²) in [6.45, 7) is 1.73. The van der Waals surface area contributed by atoms with Gasteiger partial charge in [0.15, 0.2) is 17.0 Å². The van der Waals surface area contributed by atoms with Gasteiger partial charge in [-0.15, -0.1) is 5.10 Å². The molecule has 3 rings (SSSR count). The second-order valence-electron chi connectivity index (χ2n) is 4.65. The maximum Gasteiger partial charge on any atom is 0.184 e. The Morgan fingerprint density at radius 2 is 2.14 bits per heavy atom. The highest BCUT2D eigenvalue weighted by Crippen LogP contribution is 2.19. The van der Waals surface area contributed by atoms with Crippen LogP contribution in [0.5, 0.6) is 0 Å². The molecule has 3 aromatic rings. The van der Waals surface area contributed by atoms with Crippen LogP contribution >= 0.6 is 11.6 Å². The summed E-state index contributed by atoms with van der Waals surface area (Å²) in [6.07, 6.45) is 1.49. The monoisotopic (exact) mass is 318 g/mol. The molecule has 0 amide bonds. The molecular weight excluding hydrogens is 304 g/mol. The van der Waals surface area contributed by atoms with Crippen molar-refractivity contribution in [3.8, 4) is 0 Å². The van der Waals surface area contributed by atoms with E-state index in [2.05, 4.69) is 25.6 Å². The van der Waals surface area contributed by atoms with Gasteiger partial charge in [-0.3, -0.25) is 0 Å². The number of nitrogens with zero attached hydrogens (tertiary/aromatic N) is 5. The van der Waals surface area contributed by atoms with Gasteiger partial charge in [0.25, 0.3) is 0 Å². The molecule has 0 aliphatic heterocycles. The number of fused-ring (bicyclic) bond motifs is 1. The molecule has 0 bridgehead atoms. The van der Waals surface area contributed by atoms with E-state index in [1.165, 1.54) is 6.33 Å². The van der Waals surface area contributed by atoms with Crippen LogP contribution in [-0.4, -0.2) is 45.2 Å². The van der Waals surface area contributed by atoms with Crippen molar-refractivity contribution >= 4 is 28.6 Å². The number of ether oxygens (including phenoxy) is 1. The van der Waals surface area contributed by atoms with Gasteiger partial charge < -0.3 is 10.1 Å². The molecule has 7 nitrogen and oxygen atoms in total. The number of halogens is 1. The lowest BCUT2D eigenvalue weighted by Gasteiger charge is -2.06. The average Bonchev–Trinajstić information content (AvgIpc) is 2.94. The lowest BCUT2D eigenvalue weighted by atomic mass is 10.2. The Kier molecular flexibility index (Phi) is 4.45. The van der Waals surface area contributed by atoms with Crippen molar-refractivity contribution in [3.63, 3.8) is 0 Å². The fourth-order valence-electron chi connectivity index (χ4n) is 2.09. The Bertz CT molecular complexity index is 775. The number of aromatic nitrogens is 5. The predicted octanol–water partition coefficient (Wildman–Crippen LogP) is 1.98. The number of hydrogen-bond donors (Lipinski definition) is 1.